The van der Waals surface area contributed by atoms with Gasteiger partial charge < -0.3 is 19.0 Å². The van der Waals surface area contributed by atoms with Gasteiger partial charge in [0.1, 0.15) is 16.9 Å². The molecule has 0 saturated carbocycles. The van der Waals surface area contributed by atoms with Crippen LogP contribution in [-0.4, -0.2) is 33.9 Å². The van der Waals surface area contributed by atoms with E-state index in [2.05, 4.69) is 10.3 Å². The Morgan fingerprint density at radius 2 is 2.19 bits per heavy atom. The number of benzene rings is 1. The number of thioether (sulfide) groups is 1. The molecule has 3 rings (SSSR count). The first-order valence-corrected chi connectivity index (χ1v) is 9.55. The summed E-state index contributed by atoms with van der Waals surface area (Å²) in [6.45, 7) is 4.24. The van der Waals surface area contributed by atoms with Crippen LogP contribution in [-0.2, 0) is 7.05 Å². The van der Waals surface area contributed by atoms with Crippen molar-refractivity contribution < 1.29 is 13.9 Å². The summed E-state index contributed by atoms with van der Waals surface area (Å²) in [5.41, 5.74) is -0.291. The molecule has 142 valence electrons. The molecule has 0 fully saturated rings. The van der Waals surface area contributed by atoms with Crippen molar-refractivity contribution in [3.8, 4) is 5.75 Å². The molecule has 0 aliphatic heterocycles. The van der Waals surface area contributed by atoms with Crippen LogP contribution in [0, 0.1) is 0 Å². The molecule has 0 aliphatic rings. The van der Waals surface area contributed by atoms with E-state index in [1.807, 2.05) is 31.7 Å². The van der Waals surface area contributed by atoms with Gasteiger partial charge in [0.05, 0.1) is 6.10 Å². The van der Waals surface area contributed by atoms with Gasteiger partial charge in [-0.1, -0.05) is 11.8 Å². The van der Waals surface area contributed by atoms with Gasteiger partial charge in [-0.3, -0.25) is 4.79 Å². The third-order valence-electron chi connectivity index (χ3n) is 3.72. The number of hydrogen-bond acceptors (Lipinski definition) is 6. The number of ether oxygens (including phenoxy) is 1. The molecule has 0 radical (unpaired) electrons. The fourth-order valence-corrected chi connectivity index (χ4v) is 3.28. The number of aromatic nitrogens is 2. The van der Waals surface area contributed by atoms with E-state index < -0.39 is 11.5 Å². The van der Waals surface area contributed by atoms with Gasteiger partial charge in [-0.2, -0.15) is 0 Å². The van der Waals surface area contributed by atoms with Crippen molar-refractivity contribution in [3.63, 3.8) is 0 Å². The smallest absolute Gasteiger partial charge is 0.349 e. The van der Waals surface area contributed by atoms with E-state index in [0.29, 0.717) is 29.0 Å². The van der Waals surface area contributed by atoms with Gasteiger partial charge in [0.2, 0.25) is 0 Å². The molecule has 0 spiro atoms. The normalized spacial score (nSPS) is 11.1. The molecule has 27 heavy (non-hydrogen) atoms. The van der Waals surface area contributed by atoms with Gasteiger partial charge in [-0.25, -0.2) is 9.78 Å². The Morgan fingerprint density at radius 3 is 2.89 bits per heavy atom. The maximum absolute atomic E-state index is 12.3. The van der Waals surface area contributed by atoms with Gasteiger partial charge in [-0.05, 0) is 32.0 Å². The number of imidazole rings is 1. The van der Waals surface area contributed by atoms with Crippen molar-refractivity contribution in [1.29, 1.82) is 0 Å². The molecule has 8 heteroatoms. The van der Waals surface area contributed by atoms with Gasteiger partial charge in [0, 0.05) is 43.2 Å². The lowest BCUT2D eigenvalue weighted by molar-refractivity contribution is 0.0952. The highest BCUT2D eigenvalue weighted by Gasteiger charge is 2.14. The summed E-state index contributed by atoms with van der Waals surface area (Å²) in [6, 6.07) is 6.75. The summed E-state index contributed by atoms with van der Waals surface area (Å²) in [7, 11) is 1.91. The Bertz CT molecular complexity index is 1010. The fourth-order valence-electron chi connectivity index (χ4n) is 2.49. The van der Waals surface area contributed by atoms with Crippen LogP contribution in [0.5, 0.6) is 5.75 Å². The molecule has 2 heterocycles. The van der Waals surface area contributed by atoms with Gasteiger partial charge in [0.15, 0.2) is 5.16 Å². The average molecular weight is 387 g/mol. The van der Waals surface area contributed by atoms with Crippen LogP contribution in [0.2, 0.25) is 0 Å². The third kappa shape index (κ3) is 4.71. The van der Waals surface area contributed by atoms with Gasteiger partial charge >= 0.3 is 5.63 Å². The molecule has 0 bridgehead atoms. The van der Waals surface area contributed by atoms with Crippen LogP contribution in [0.3, 0.4) is 0 Å². The molecule has 3 aromatic rings. The summed E-state index contributed by atoms with van der Waals surface area (Å²) in [4.78, 5) is 28.7. The summed E-state index contributed by atoms with van der Waals surface area (Å²) in [6.07, 6.45) is 3.60. The lowest BCUT2D eigenvalue weighted by Gasteiger charge is -2.10. The molecule has 7 nitrogen and oxygen atoms in total. The zero-order valence-corrected chi connectivity index (χ0v) is 16.2. The standard InChI is InChI=1S/C19H21N3O4S/c1-12(2)25-14-5-4-13-10-15(18(24)26-16(13)11-14)17(23)20-7-9-27-19-21-6-8-22(19)3/h4-6,8,10-12H,7,9H2,1-3H3,(H,20,23). The van der Waals surface area contributed by atoms with Crippen molar-refractivity contribution in [2.24, 2.45) is 7.05 Å². The number of nitrogens with zero attached hydrogens (tertiary/aromatic N) is 2. The monoisotopic (exact) mass is 387 g/mol. The van der Waals surface area contributed by atoms with E-state index >= 15 is 0 Å². The quantitative estimate of drug-likeness (QED) is 0.381. The van der Waals surface area contributed by atoms with Gasteiger partial charge in [-0.15, -0.1) is 0 Å². The van der Waals surface area contributed by atoms with E-state index in [9.17, 15) is 9.59 Å². The molecule has 0 unspecified atom stereocenters. The van der Waals surface area contributed by atoms with Crippen LogP contribution in [0.25, 0.3) is 11.0 Å². The minimum Gasteiger partial charge on any atom is -0.491 e. The molecule has 1 N–H and O–H groups in total. The number of amides is 1. The predicted molar refractivity (Wildman–Crippen MR) is 105 cm³/mol. The lowest BCUT2D eigenvalue weighted by Crippen LogP contribution is -2.30. The number of hydrogen-bond donors (Lipinski definition) is 1. The highest BCUT2D eigenvalue weighted by atomic mass is 32.2. The lowest BCUT2D eigenvalue weighted by atomic mass is 10.1. The Labute approximate surface area is 160 Å². The zero-order valence-electron chi connectivity index (χ0n) is 15.4. The van der Waals surface area contributed by atoms with Crippen LogP contribution in [0.4, 0.5) is 0 Å². The molecule has 0 saturated heterocycles. The van der Waals surface area contributed by atoms with E-state index in [0.717, 1.165) is 5.16 Å². The second-order valence-electron chi connectivity index (χ2n) is 6.24. The maximum Gasteiger partial charge on any atom is 0.349 e. The van der Waals surface area contributed by atoms with Gasteiger partial charge in [0.25, 0.3) is 5.91 Å². The molecule has 0 atom stereocenters. The summed E-state index contributed by atoms with van der Waals surface area (Å²) >= 11 is 1.53. The summed E-state index contributed by atoms with van der Waals surface area (Å²) in [5.74, 6) is 0.809. The van der Waals surface area contributed by atoms with Crippen molar-refractivity contribution in [3.05, 3.63) is 52.6 Å². The molecular weight excluding hydrogens is 366 g/mol. The van der Waals surface area contributed by atoms with Crippen LogP contribution in [0.1, 0.15) is 24.2 Å². The number of fused-ring (bicyclic) bond motifs is 1. The second-order valence-corrected chi connectivity index (χ2v) is 7.30. The predicted octanol–water partition coefficient (Wildman–Crippen LogP) is 2.84. The Kier molecular flexibility index (Phi) is 5.85. The number of carbonyl (C=O) groups is 1. The highest BCUT2D eigenvalue weighted by Crippen LogP contribution is 2.21. The Morgan fingerprint density at radius 1 is 1.37 bits per heavy atom. The average Bonchev–Trinajstić information content (AvgIpc) is 3.02. The molecule has 0 aliphatic carbocycles. The van der Waals surface area contributed by atoms with Crippen molar-refractivity contribution in [2.75, 3.05) is 12.3 Å². The topological polar surface area (TPSA) is 86.4 Å². The van der Waals surface area contributed by atoms with E-state index in [4.69, 9.17) is 9.15 Å². The van der Waals surface area contributed by atoms with E-state index in [1.54, 1.807) is 30.5 Å². The third-order valence-corrected chi connectivity index (χ3v) is 4.78. The number of aryl methyl sites for hydroxylation is 1. The number of rotatable bonds is 7. The number of carbonyl (C=O) groups excluding carboxylic acids is 1. The first kappa shape index (κ1) is 19.0. The van der Waals surface area contributed by atoms with E-state index in [-0.39, 0.29) is 11.7 Å². The number of nitrogens with one attached hydrogen (secondary N) is 1. The fraction of sp³-hybridized carbons (Fsp3) is 0.316. The zero-order chi connectivity index (χ0) is 19.4. The molecular formula is C19H21N3O4S. The second kappa shape index (κ2) is 8.30. The van der Waals surface area contributed by atoms with Crippen LogP contribution >= 0.6 is 11.8 Å². The van der Waals surface area contributed by atoms with Crippen LogP contribution in [0.15, 0.2) is 51.0 Å². The van der Waals surface area contributed by atoms with Crippen molar-refractivity contribution in [2.45, 2.75) is 25.1 Å². The van der Waals surface area contributed by atoms with Crippen molar-refractivity contribution >= 4 is 28.6 Å². The minimum absolute atomic E-state index is 0.0120. The van der Waals surface area contributed by atoms with Crippen LogP contribution < -0.4 is 15.7 Å². The molecule has 1 amide bonds. The minimum atomic E-state index is -0.668. The highest BCUT2D eigenvalue weighted by molar-refractivity contribution is 7.99. The summed E-state index contributed by atoms with van der Waals surface area (Å²) in [5, 5.41) is 4.28. The molecule has 2 aromatic heterocycles. The largest absolute Gasteiger partial charge is 0.491 e. The first-order valence-electron chi connectivity index (χ1n) is 8.57. The molecule has 1 aromatic carbocycles. The SMILES string of the molecule is CC(C)Oc1ccc2cc(C(=O)NCCSc3nccn3C)c(=O)oc2c1. The first-order chi connectivity index (χ1) is 12.9. The maximum atomic E-state index is 12.3. The summed E-state index contributed by atoms with van der Waals surface area (Å²) < 4.78 is 12.8. The Hall–Kier alpha value is -2.74. The van der Waals surface area contributed by atoms with Crippen molar-refractivity contribution in [1.82, 2.24) is 14.9 Å². The van der Waals surface area contributed by atoms with E-state index in [1.165, 1.54) is 11.8 Å². The Balaban J connectivity index is 1.66.